The van der Waals surface area contributed by atoms with Gasteiger partial charge in [0.15, 0.2) is 23.4 Å². The Morgan fingerprint density at radius 2 is 1.72 bits per heavy atom. The fourth-order valence-corrected chi connectivity index (χ4v) is 3.63. The summed E-state index contributed by atoms with van der Waals surface area (Å²) in [5, 5.41) is 50.0. The molecule has 150 valence electrons. The van der Waals surface area contributed by atoms with Gasteiger partial charge in [0, 0.05) is 31.2 Å². The number of hydrogen-bond donors (Lipinski definition) is 5. The van der Waals surface area contributed by atoms with E-state index in [0.29, 0.717) is 11.1 Å². The monoisotopic (exact) mass is 398 g/mol. The highest BCUT2D eigenvalue weighted by Gasteiger charge is 2.34. The van der Waals surface area contributed by atoms with Crippen LogP contribution in [0.5, 0.6) is 34.5 Å². The number of phenols is 4. The number of benzene rings is 2. The summed E-state index contributed by atoms with van der Waals surface area (Å²) in [7, 11) is 1.47. The van der Waals surface area contributed by atoms with Gasteiger partial charge >= 0.3 is 0 Å². The van der Waals surface area contributed by atoms with Crippen molar-refractivity contribution in [3.63, 3.8) is 0 Å². The van der Waals surface area contributed by atoms with Crippen LogP contribution in [0.1, 0.15) is 17.2 Å². The molecule has 29 heavy (non-hydrogen) atoms. The van der Waals surface area contributed by atoms with Gasteiger partial charge in [-0.2, -0.15) is 0 Å². The van der Waals surface area contributed by atoms with Crippen molar-refractivity contribution < 1.29 is 35.0 Å². The first-order valence-electron chi connectivity index (χ1n) is 8.76. The highest BCUT2D eigenvalue weighted by molar-refractivity contribution is 5.90. The number of rotatable bonds is 2. The van der Waals surface area contributed by atoms with Gasteiger partial charge in [0.25, 0.3) is 0 Å². The first-order valence-corrected chi connectivity index (χ1v) is 8.76. The van der Waals surface area contributed by atoms with Crippen molar-refractivity contribution in [2.45, 2.75) is 18.6 Å². The number of methoxy groups -OCH3 is 1. The highest BCUT2D eigenvalue weighted by Crippen LogP contribution is 2.43. The third-order valence-electron chi connectivity index (χ3n) is 5.07. The fourth-order valence-electron chi connectivity index (χ4n) is 3.63. The van der Waals surface area contributed by atoms with Gasteiger partial charge in [-0.3, -0.25) is 4.79 Å². The summed E-state index contributed by atoms with van der Waals surface area (Å²) in [4.78, 5) is 12.5. The van der Waals surface area contributed by atoms with Crippen molar-refractivity contribution in [1.29, 1.82) is 0 Å². The van der Waals surface area contributed by atoms with Gasteiger partial charge in [0.2, 0.25) is 5.43 Å². The molecule has 0 radical (unpaired) electrons. The molecule has 1 aliphatic heterocycles. The maximum Gasteiger partial charge on any atom is 0.231 e. The smallest absolute Gasteiger partial charge is 0.231 e. The summed E-state index contributed by atoms with van der Waals surface area (Å²) in [5.41, 5.74) is -0.00694. The van der Waals surface area contributed by atoms with E-state index in [1.165, 1.54) is 37.4 Å². The van der Waals surface area contributed by atoms with E-state index < -0.39 is 34.9 Å². The third-order valence-corrected chi connectivity index (χ3v) is 5.07. The molecule has 1 aliphatic rings. The lowest BCUT2D eigenvalue weighted by molar-refractivity contribution is -0.0121. The normalized spacial score (nSPS) is 18.2. The summed E-state index contributed by atoms with van der Waals surface area (Å²) >= 11 is 0. The number of aromatic hydroxyl groups is 5. The Bertz CT molecular complexity index is 1190. The van der Waals surface area contributed by atoms with Crippen LogP contribution in [0.2, 0.25) is 0 Å². The molecule has 0 saturated carbocycles. The highest BCUT2D eigenvalue weighted by atomic mass is 16.5. The average Bonchev–Trinajstić information content (AvgIpc) is 2.80. The van der Waals surface area contributed by atoms with Crippen LogP contribution < -0.4 is 10.2 Å². The maximum absolute atomic E-state index is 12.5. The second kappa shape index (κ2) is 6.75. The van der Waals surface area contributed by atoms with E-state index in [0.717, 1.165) is 0 Å². The molecular formula is C21H18O8. The zero-order valence-electron chi connectivity index (χ0n) is 15.3. The van der Waals surface area contributed by atoms with E-state index >= 15 is 0 Å². The predicted molar refractivity (Wildman–Crippen MR) is 103 cm³/mol. The summed E-state index contributed by atoms with van der Waals surface area (Å²) in [6.45, 7) is 0. The molecule has 0 amide bonds. The average molecular weight is 398 g/mol. The van der Waals surface area contributed by atoms with E-state index in [9.17, 15) is 30.3 Å². The second-order valence-corrected chi connectivity index (χ2v) is 6.86. The van der Waals surface area contributed by atoms with Gasteiger partial charge in [-0.15, -0.1) is 0 Å². The fraction of sp³-hybridized carbons (Fsp3) is 0.190. The number of phenolic OH excluding ortho intramolecular Hbond substituents is 4. The van der Waals surface area contributed by atoms with Crippen molar-refractivity contribution in [2.75, 3.05) is 7.11 Å². The molecule has 0 aliphatic carbocycles. The van der Waals surface area contributed by atoms with Crippen LogP contribution in [0, 0.1) is 0 Å². The summed E-state index contributed by atoms with van der Waals surface area (Å²) in [6, 6.07) is 7.99. The minimum atomic E-state index is -0.847. The minimum Gasteiger partial charge on any atom is -0.508 e. The van der Waals surface area contributed by atoms with E-state index in [4.69, 9.17) is 9.47 Å². The topological polar surface area (TPSA) is 137 Å². The number of ether oxygens (including phenoxy) is 2. The van der Waals surface area contributed by atoms with E-state index in [2.05, 4.69) is 0 Å². The van der Waals surface area contributed by atoms with Crippen LogP contribution in [0.3, 0.4) is 0 Å². The molecule has 0 bridgehead atoms. The Labute approximate surface area is 164 Å². The van der Waals surface area contributed by atoms with Crippen LogP contribution in [0.15, 0.2) is 41.2 Å². The Balaban J connectivity index is 1.93. The molecule has 8 heteroatoms. The molecule has 0 aromatic heterocycles. The van der Waals surface area contributed by atoms with Crippen molar-refractivity contribution in [2.24, 2.45) is 0 Å². The first kappa shape index (κ1) is 18.7. The van der Waals surface area contributed by atoms with Crippen molar-refractivity contribution in [1.82, 2.24) is 0 Å². The molecule has 3 aromatic carbocycles. The molecule has 5 N–H and O–H groups in total. The Morgan fingerprint density at radius 3 is 2.45 bits per heavy atom. The molecule has 0 saturated heterocycles. The summed E-state index contributed by atoms with van der Waals surface area (Å²) in [5.74, 6) is -1.80. The molecule has 1 heterocycles. The van der Waals surface area contributed by atoms with Gasteiger partial charge in [-0.05, 0) is 29.1 Å². The molecule has 0 unspecified atom stereocenters. The lowest BCUT2D eigenvalue weighted by Crippen LogP contribution is -2.32. The lowest BCUT2D eigenvalue weighted by atomic mass is 9.94. The van der Waals surface area contributed by atoms with Crippen molar-refractivity contribution in [3.05, 3.63) is 57.7 Å². The maximum atomic E-state index is 12.5. The van der Waals surface area contributed by atoms with Crippen molar-refractivity contribution in [3.8, 4) is 34.5 Å². The lowest BCUT2D eigenvalue weighted by Gasteiger charge is -2.33. The quantitative estimate of drug-likeness (QED) is 0.415. The van der Waals surface area contributed by atoms with Crippen LogP contribution in [0.4, 0.5) is 0 Å². The van der Waals surface area contributed by atoms with Crippen LogP contribution >= 0.6 is 0 Å². The molecule has 4 rings (SSSR count). The molecule has 0 spiro atoms. The Hall–Kier alpha value is -3.65. The summed E-state index contributed by atoms with van der Waals surface area (Å²) < 4.78 is 11.5. The second-order valence-electron chi connectivity index (χ2n) is 6.86. The minimum absolute atomic E-state index is 0.130. The van der Waals surface area contributed by atoms with E-state index in [-0.39, 0.29) is 34.4 Å². The van der Waals surface area contributed by atoms with Gasteiger partial charge in [-0.1, -0.05) is 6.07 Å². The molecule has 8 nitrogen and oxygen atoms in total. The largest absolute Gasteiger partial charge is 0.508 e. The van der Waals surface area contributed by atoms with Gasteiger partial charge in [0.05, 0.1) is 5.39 Å². The van der Waals surface area contributed by atoms with Gasteiger partial charge in [-0.25, -0.2) is 0 Å². The summed E-state index contributed by atoms with van der Waals surface area (Å²) in [6.07, 6.45) is -1.10. The number of fused-ring (bicyclic) bond motifs is 2. The predicted octanol–water partition coefficient (Wildman–Crippen LogP) is 2.42. The zero-order chi connectivity index (χ0) is 20.9. The van der Waals surface area contributed by atoms with Crippen LogP contribution in [-0.4, -0.2) is 38.7 Å². The molecule has 0 fully saturated rings. The van der Waals surface area contributed by atoms with Gasteiger partial charge < -0.3 is 35.0 Å². The van der Waals surface area contributed by atoms with Crippen LogP contribution in [-0.2, 0) is 11.2 Å². The third kappa shape index (κ3) is 3.03. The van der Waals surface area contributed by atoms with E-state index in [1.54, 1.807) is 6.07 Å². The number of hydrogen-bond acceptors (Lipinski definition) is 8. The molecule has 2 atom stereocenters. The zero-order valence-corrected chi connectivity index (χ0v) is 15.3. The standard InChI is InChI=1S/C21H18O8/c1-28-17-8-12-14(24)6-11(22)7-16(12)29-21(17)10-4-9-2-3-13(23)19(26)18(9)20(27)15(25)5-10/h2-7,17,21-24,26H,8H2,1H3,(H,25,27)/t17-,21-/m1/s1. The van der Waals surface area contributed by atoms with Crippen LogP contribution in [0.25, 0.3) is 10.8 Å². The molecular weight excluding hydrogens is 380 g/mol. The Morgan fingerprint density at radius 1 is 0.966 bits per heavy atom. The molecule has 3 aromatic rings. The van der Waals surface area contributed by atoms with E-state index in [1.807, 2.05) is 0 Å². The Kier molecular flexibility index (Phi) is 4.35. The van der Waals surface area contributed by atoms with Crippen molar-refractivity contribution >= 4 is 10.8 Å². The SMILES string of the molecule is CO[C@@H]1Cc2c(O)cc(O)cc2O[C@@H]1c1cc(O)c(=O)c2c(O)c(O)ccc2c1. The first-order chi connectivity index (χ1) is 13.8. The van der Waals surface area contributed by atoms with Gasteiger partial charge in [0.1, 0.15) is 23.4 Å².